The van der Waals surface area contributed by atoms with Crippen molar-refractivity contribution in [3.8, 4) is 0 Å². The van der Waals surface area contributed by atoms with Crippen LogP contribution in [0.4, 0.5) is 0 Å². The number of esters is 1. The molecular formula is C19H28O3. The van der Waals surface area contributed by atoms with Crippen LogP contribution in [0.3, 0.4) is 0 Å². The SMILES string of the molecule is CCCOC(=O)C(CC(C)C)C(=O)c1c(C)cc(C)cc1C. The Morgan fingerprint density at radius 1 is 1.09 bits per heavy atom. The highest BCUT2D eigenvalue weighted by molar-refractivity contribution is 6.10. The molecule has 0 aliphatic carbocycles. The van der Waals surface area contributed by atoms with Gasteiger partial charge >= 0.3 is 5.97 Å². The molecule has 22 heavy (non-hydrogen) atoms. The molecule has 1 atom stereocenters. The maximum Gasteiger partial charge on any atom is 0.316 e. The normalized spacial score (nSPS) is 12.3. The molecule has 0 N–H and O–H groups in total. The molecule has 1 rings (SSSR count). The van der Waals surface area contributed by atoms with Crippen LogP contribution in [0.2, 0.25) is 0 Å². The van der Waals surface area contributed by atoms with Crippen LogP contribution in [0, 0.1) is 32.6 Å². The molecule has 0 aromatic heterocycles. The van der Waals surface area contributed by atoms with Crippen LogP contribution in [0.1, 0.15) is 60.7 Å². The van der Waals surface area contributed by atoms with E-state index in [1.165, 1.54) is 0 Å². The molecule has 3 nitrogen and oxygen atoms in total. The van der Waals surface area contributed by atoms with Crippen LogP contribution in [0.5, 0.6) is 0 Å². The van der Waals surface area contributed by atoms with Gasteiger partial charge in [0.15, 0.2) is 5.78 Å². The smallest absolute Gasteiger partial charge is 0.316 e. The van der Waals surface area contributed by atoms with Gasteiger partial charge < -0.3 is 4.74 Å². The van der Waals surface area contributed by atoms with E-state index in [2.05, 4.69) is 0 Å². The number of Topliss-reactive ketones (excluding diaryl/α,β-unsaturated/α-hetero) is 1. The van der Waals surface area contributed by atoms with Gasteiger partial charge in [-0.1, -0.05) is 38.5 Å². The summed E-state index contributed by atoms with van der Waals surface area (Å²) in [4.78, 5) is 25.2. The first-order chi connectivity index (χ1) is 10.3. The monoisotopic (exact) mass is 304 g/mol. The Labute approximate surface area is 134 Å². The number of rotatable bonds is 7. The number of carbonyl (C=O) groups excluding carboxylic acids is 2. The van der Waals surface area contributed by atoms with Gasteiger partial charge in [-0.25, -0.2) is 0 Å². The zero-order chi connectivity index (χ0) is 16.9. The van der Waals surface area contributed by atoms with Gasteiger partial charge in [-0.3, -0.25) is 9.59 Å². The Bertz CT molecular complexity index is 521. The standard InChI is InChI=1S/C19H28O3/c1-7-8-22-19(21)16(9-12(2)3)18(20)17-14(5)10-13(4)11-15(17)6/h10-12,16H,7-9H2,1-6H3. The molecule has 0 amide bonds. The summed E-state index contributed by atoms with van der Waals surface area (Å²) < 4.78 is 5.24. The maximum absolute atomic E-state index is 12.9. The largest absolute Gasteiger partial charge is 0.465 e. The van der Waals surface area contributed by atoms with E-state index in [0.29, 0.717) is 18.6 Å². The highest BCUT2D eigenvalue weighted by Crippen LogP contribution is 2.24. The van der Waals surface area contributed by atoms with Crippen molar-refractivity contribution in [1.29, 1.82) is 0 Å². The van der Waals surface area contributed by atoms with Crippen LogP contribution in [0.15, 0.2) is 12.1 Å². The number of hydrogen-bond donors (Lipinski definition) is 0. The second-order valence-corrected chi connectivity index (χ2v) is 6.49. The number of carbonyl (C=O) groups is 2. The van der Waals surface area contributed by atoms with Gasteiger partial charge in [0.2, 0.25) is 0 Å². The number of hydrogen-bond acceptors (Lipinski definition) is 3. The molecule has 1 unspecified atom stereocenters. The summed E-state index contributed by atoms with van der Waals surface area (Å²) in [6.45, 7) is 12.2. The van der Waals surface area contributed by atoms with Crippen LogP contribution in [-0.2, 0) is 9.53 Å². The van der Waals surface area contributed by atoms with Crippen LogP contribution >= 0.6 is 0 Å². The summed E-state index contributed by atoms with van der Waals surface area (Å²) in [5.41, 5.74) is 3.66. The maximum atomic E-state index is 12.9. The zero-order valence-corrected chi connectivity index (χ0v) is 14.7. The molecule has 122 valence electrons. The van der Waals surface area contributed by atoms with E-state index in [1.54, 1.807) is 0 Å². The third-order valence-corrected chi connectivity index (χ3v) is 3.68. The molecule has 0 heterocycles. The molecule has 0 spiro atoms. The van der Waals surface area contributed by atoms with Crippen LogP contribution < -0.4 is 0 Å². The van der Waals surface area contributed by atoms with Crippen molar-refractivity contribution in [3.63, 3.8) is 0 Å². The summed E-state index contributed by atoms with van der Waals surface area (Å²) in [5.74, 6) is -0.939. The second kappa shape index (κ2) is 8.11. The molecule has 3 heteroatoms. The Morgan fingerprint density at radius 3 is 2.09 bits per heavy atom. The first kappa shape index (κ1) is 18.4. The van der Waals surface area contributed by atoms with Crippen molar-refractivity contribution >= 4 is 11.8 Å². The number of ketones is 1. The van der Waals surface area contributed by atoms with Crippen molar-refractivity contribution in [1.82, 2.24) is 0 Å². The van der Waals surface area contributed by atoms with Crippen molar-refractivity contribution in [2.24, 2.45) is 11.8 Å². The Kier molecular flexibility index (Phi) is 6.79. The van der Waals surface area contributed by atoms with E-state index in [4.69, 9.17) is 4.74 Å². The summed E-state index contributed by atoms with van der Waals surface area (Å²) in [6.07, 6.45) is 1.28. The van der Waals surface area contributed by atoms with Gasteiger partial charge in [-0.15, -0.1) is 0 Å². The lowest BCUT2D eigenvalue weighted by Crippen LogP contribution is -2.29. The van der Waals surface area contributed by atoms with Crippen molar-refractivity contribution in [2.75, 3.05) is 6.61 Å². The molecule has 1 aromatic rings. The topological polar surface area (TPSA) is 43.4 Å². The molecule has 1 aromatic carbocycles. The van der Waals surface area contributed by atoms with Crippen molar-refractivity contribution < 1.29 is 14.3 Å². The minimum absolute atomic E-state index is 0.107. The fourth-order valence-corrected chi connectivity index (χ4v) is 2.83. The minimum Gasteiger partial charge on any atom is -0.465 e. The first-order valence-electron chi connectivity index (χ1n) is 8.06. The molecule has 0 aliphatic rings. The highest BCUT2D eigenvalue weighted by atomic mass is 16.5. The summed E-state index contributed by atoms with van der Waals surface area (Å²) in [5, 5.41) is 0. The molecular weight excluding hydrogens is 276 g/mol. The number of ether oxygens (including phenoxy) is 1. The third-order valence-electron chi connectivity index (χ3n) is 3.68. The molecule has 0 aliphatic heterocycles. The van der Waals surface area contributed by atoms with Gasteiger partial charge in [0.25, 0.3) is 0 Å². The van der Waals surface area contributed by atoms with E-state index in [1.807, 2.05) is 53.7 Å². The Morgan fingerprint density at radius 2 is 1.64 bits per heavy atom. The lowest BCUT2D eigenvalue weighted by molar-refractivity contribution is -0.147. The van der Waals surface area contributed by atoms with E-state index in [-0.39, 0.29) is 17.7 Å². The summed E-state index contributed by atoms with van der Waals surface area (Å²) in [7, 11) is 0. The number of aryl methyl sites for hydroxylation is 3. The van der Waals surface area contributed by atoms with Crippen LogP contribution in [0.25, 0.3) is 0 Å². The average molecular weight is 304 g/mol. The molecule has 0 radical (unpaired) electrons. The molecule has 0 bridgehead atoms. The van der Waals surface area contributed by atoms with E-state index >= 15 is 0 Å². The van der Waals surface area contributed by atoms with Crippen molar-refractivity contribution in [3.05, 3.63) is 34.4 Å². The van der Waals surface area contributed by atoms with Gasteiger partial charge in [0.1, 0.15) is 5.92 Å². The number of benzene rings is 1. The van der Waals surface area contributed by atoms with E-state index < -0.39 is 5.92 Å². The average Bonchev–Trinajstić information content (AvgIpc) is 2.40. The first-order valence-corrected chi connectivity index (χ1v) is 8.06. The minimum atomic E-state index is -0.702. The quantitative estimate of drug-likeness (QED) is 0.426. The zero-order valence-electron chi connectivity index (χ0n) is 14.7. The molecule has 0 saturated carbocycles. The van der Waals surface area contributed by atoms with Crippen molar-refractivity contribution in [2.45, 2.75) is 54.4 Å². The van der Waals surface area contributed by atoms with Gasteiger partial charge in [-0.2, -0.15) is 0 Å². The van der Waals surface area contributed by atoms with Gasteiger partial charge in [-0.05, 0) is 50.7 Å². The summed E-state index contributed by atoms with van der Waals surface area (Å²) in [6, 6.07) is 3.98. The van der Waals surface area contributed by atoms with E-state index in [9.17, 15) is 9.59 Å². The molecule has 0 saturated heterocycles. The Balaban J connectivity index is 3.14. The Hall–Kier alpha value is -1.64. The third kappa shape index (κ3) is 4.69. The predicted molar refractivity (Wildman–Crippen MR) is 89.2 cm³/mol. The lowest BCUT2D eigenvalue weighted by Gasteiger charge is -2.19. The van der Waals surface area contributed by atoms with Gasteiger partial charge in [0, 0.05) is 5.56 Å². The van der Waals surface area contributed by atoms with E-state index in [0.717, 1.165) is 23.1 Å². The van der Waals surface area contributed by atoms with Gasteiger partial charge in [0.05, 0.1) is 6.61 Å². The highest BCUT2D eigenvalue weighted by Gasteiger charge is 2.31. The fourth-order valence-electron chi connectivity index (χ4n) is 2.83. The fraction of sp³-hybridized carbons (Fsp3) is 0.579. The summed E-state index contributed by atoms with van der Waals surface area (Å²) >= 11 is 0. The predicted octanol–water partition coefficient (Wildman–Crippen LogP) is 4.41. The second-order valence-electron chi connectivity index (χ2n) is 6.49. The lowest BCUT2D eigenvalue weighted by atomic mass is 9.85. The van der Waals surface area contributed by atoms with Crippen LogP contribution in [-0.4, -0.2) is 18.4 Å². The molecule has 0 fully saturated rings.